The van der Waals surface area contributed by atoms with Crippen molar-refractivity contribution in [3.05, 3.63) is 95.8 Å². The van der Waals surface area contributed by atoms with E-state index in [1.54, 1.807) is 12.4 Å². The van der Waals surface area contributed by atoms with Crippen molar-refractivity contribution in [2.24, 2.45) is 0 Å². The third-order valence-electron chi connectivity index (χ3n) is 6.76. The first-order valence-electron chi connectivity index (χ1n) is 12.6. The van der Waals surface area contributed by atoms with Crippen LogP contribution in [0.3, 0.4) is 0 Å². The van der Waals surface area contributed by atoms with Gasteiger partial charge in [0.05, 0.1) is 17.1 Å². The SMILES string of the molecule is O=C(Nc1cccc(C(CCN2CCCCC2)Nc2ncnc3ccccc23)c1)c1ccc(F)cc1F. The van der Waals surface area contributed by atoms with Gasteiger partial charge >= 0.3 is 0 Å². The summed E-state index contributed by atoms with van der Waals surface area (Å²) < 4.78 is 27.4. The van der Waals surface area contributed by atoms with Crippen molar-refractivity contribution in [3.8, 4) is 0 Å². The van der Waals surface area contributed by atoms with E-state index in [1.165, 1.54) is 19.3 Å². The molecule has 5 rings (SSSR count). The van der Waals surface area contributed by atoms with E-state index in [9.17, 15) is 13.6 Å². The molecule has 190 valence electrons. The Hall–Kier alpha value is -3.91. The number of piperidine rings is 1. The number of nitrogens with one attached hydrogen (secondary N) is 2. The number of fused-ring (bicyclic) bond motifs is 1. The lowest BCUT2D eigenvalue weighted by molar-refractivity contribution is 0.102. The molecule has 37 heavy (non-hydrogen) atoms. The predicted molar refractivity (Wildman–Crippen MR) is 142 cm³/mol. The summed E-state index contributed by atoms with van der Waals surface area (Å²) in [5.74, 6) is -1.51. The van der Waals surface area contributed by atoms with Gasteiger partial charge in [0.25, 0.3) is 5.91 Å². The van der Waals surface area contributed by atoms with E-state index in [1.807, 2.05) is 42.5 Å². The van der Waals surface area contributed by atoms with Crippen LogP contribution in [0.25, 0.3) is 10.9 Å². The van der Waals surface area contributed by atoms with Crippen LogP contribution in [0.1, 0.15) is 47.6 Å². The van der Waals surface area contributed by atoms with Gasteiger partial charge in [-0.05, 0) is 74.3 Å². The smallest absolute Gasteiger partial charge is 0.258 e. The van der Waals surface area contributed by atoms with Gasteiger partial charge in [0.2, 0.25) is 0 Å². The van der Waals surface area contributed by atoms with E-state index in [-0.39, 0.29) is 11.6 Å². The molecule has 6 nitrogen and oxygen atoms in total. The number of amides is 1. The van der Waals surface area contributed by atoms with E-state index in [0.29, 0.717) is 11.8 Å². The van der Waals surface area contributed by atoms with Crippen LogP contribution in [0, 0.1) is 11.6 Å². The fourth-order valence-corrected chi connectivity index (χ4v) is 4.81. The highest BCUT2D eigenvalue weighted by Gasteiger charge is 2.19. The maximum absolute atomic E-state index is 14.1. The maximum Gasteiger partial charge on any atom is 0.258 e. The van der Waals surface area contributed by atoms with Gasteiger partial charge in [0.1, 0.15) is 23.8 Å². The molecule has 1 aliphatic rings. The number of hydrogen-bond acceptors (Lipinski definition) is 5. The fourth-order valence-electron chi connectivity index (χ4n) is 4.81. The largest absolute Gasteiger partial charge is 0.363 e. The Bertz CT molecular complexity index is 1380. The molecule has 1 saturated heterocycles. The predicted octanol–water partition coefficient (Wildman–Crippen LogP) is 6.19. The zero-order valence-electron chi connectivity index (χ0n) is 20.5. The van der Waals surface area contributed by atoms with Gasteiger partial charge in [-0.1, -0.05) is 30.7 Å². The second kappa shape index (κ2) is 11.4. The van der Waals surface area contributed by atoms with Crippen molar-refractivity contribution in [2.75, 3.05) is 30.3 Å². The Balaban J connectivity index is 1.40. The van der Waals surface area contributed by atoms with Crippen molar-refractivity contribution in [2.45, 2.75) is 31.7 Å². The Labute approximate surface area is 214 Å². The molecule has 0 bridgehead atoms. The summed E-state index contributed by atoms with van der Waals surface area (Å²) in [5, 5.41) is 7.30. The van der Waals surface area contributed by atoms with Crippen molar-refractivity contribution < 1.29 is 13.6 Å². The Kier molecular flexibility index (Phi) is 7.65. The molecule has 2 N–H and O–H groups in total. The molecule has 0 aliphatic carbocycles. The van der Waals surface area contributed by atoms with Gasteiger partial charge in [0, 0.05) is 23.7 Å². The summed E-state index contributed by atoms with van der Waals surface area (Å²) in [6.45, 7) is 3.13. The summed E-state index contributed by atoms with van der Waals surface area (Å²) in [5.41, 5.74) is 2.15. The summed E-state index contributed by atoms with van der Waals surface area (Å²) in [4.78, 5) is 24.1. The summed E-state index contributed by atoms with van der Waals surface area (Å²) >= 11 is 0. The van der Waals surface area contributed by atoms with Crippen LogP contribution in [0.5, 0.6) is 0 Å². The molecule has 0 saturated carbocycles. The van der Waals surface area contributed by atoms with Crippen molar-refractivity contribution >= 4 is 28.3 Å². The number of carbonyl (C=O) groups is 1. The molecule has 0 spiro atoms. The van der Waals surface area contributed by atoms with Crippen LogP contribution in [0.15, 0.2) is 73.1 Å². The molecule has 1 fully saturated rings. The lowest BCUT2D eigenvalue weighted by atomic mass is 10.0. The fraction of sp³-hybridized carbons (Fsp3) is 0.276. The second-order valence-corrected chi connectivity index (χ2v) is 9.33. The topological polar surface area (TPSA) is 70.2 Å². The third-order valence-corrected chi connectivity index (χ3v) is 6.76. The zero-order valence-corrected chi connectivity index (χ0v) is 20.5. The first kappa shape index (κ1) is 24.8. The molecule has 1 unspecified atom stereocenters. The lowest BCUT2D eigenvalue weighted by Gasteiger charge is -2.29. The van der Waals surface area contributed by atoms with Crippen LogP contribution in [0.4, 0.5) is 20.3 Å². The van der Waals surface area contributed by atoms with Gasteiger partial charge in [0.15, 0.2) is 0 Å². The van der Waals surface area contributed by atoms with E-state index >= 15 is 0 Å². The Morgan fingerprint density at radius 1 is 0.946 bits per heavy atom. The minimum Gasteiger partial charge on any atom is -0.363 e. The number of anilines is 2. The van der Waals surface area contributed by atoms with Gasteiger partial charge in [-0.25, -0.2) is 18.7 Å². The number of aromatic nitrogens is 2. The maximum atomic E-state index is 14.1. The average molecular weight is 502 g/mol. The minimum atomic E-state index is -0.898. The normalized spacial score (nSPS) is 14.9. The molecule has 4 aromatic rings. The second-order valence-electron chi connectivity index (χ2n) is 9.33. The summed E-state index contributed by atoms with van der Waals surface area (Å²) in [6, 6.07) is 18.2. The van der Waals surface area contributed by atoms with E-state index in [2.05, 4.69) is 25.5 Å². The van der Waals surface area contributed by atoms with Gasteiger partial charge < -0.3 is 15.5 Å². The molecule has 8 heteroatoms. The molecule has 0 radical (unpaired) electrons. The minimum absolute atomic E-state index is 0.0837. The number of nitrogens with zero attached hydrogens (tertiary/aromatic N) is 3. The molecule has 1 amide bonds. The van der Waals surface area contributed by atoms with Crippen LogP contribution >= 0.6 is 0 Å². The van der Waals surface area contributed by atoms with Crippen molar-refractivity contribution in [3.63, 3.8) is 0 Å². The highest BCUT2D eigenvalue weighted by molar-refractivity contribution is 6.04. The van der Waals surface area contributed by atoms with Crippen LogP contribution in [-0.2, 0) is 0 Å². The highest BCUT2D eigenvalue weighted by Crippen LogP contribution is 2.28. The van der Waals surface area contributed by atoms with Crippen molar-refractivity contribution in [1.82, 2.24) is 14.9 Å². The zero-order chi connectivity index (χ0) is 25.6. The Morgan fingerprint density at radius 3 is 2.62 bits per heavy atom. The standard InChI is InChI=1S/C29H29F2N5O/c30-21-11-12-23(25(31)18-21)29(37)34-22-8-6-7-20(17-22)26(13-16-36-14-4-1-5-15-36)35-28-24-9-2-3-10-27(24)32-19-33-28/h2-3,6-12,17-19,26H,1,4-5,13-16H2,(H,34,37)(H,32,33,35). The first-order valence-corrected chi connectivity index (χ1v) is 12.6. The highest BCUT2D eigenvalue weighted by atomic mass is 19.1. The molecule has 1 aromatic heterocycles. The lowest BCUT2D eigenvalue weighted by Crippen LogP contribution is -2.32. The van der Waals surface area contributed by atoms with Crippen LogP contribution in [0.2, 0.25) is 0 Å². The van der Waals surface area contributed by atoms with Crippen molar-refractivity contribution in [1.29, 1.82) is 0 Å². The molecule has 2 heterocycles. The molecular formula is C29H29F2N5O. The molecule has 1 atom stereocenters. The van der Waals surface area contributed by atoms with E-state index < -0.39 is 17.5 Å². The summed E-state index contributed by atoms with van der Waals surface area (Å²) in [6.07, 6.45) is 6.11. The molecular weight excluding hydrogens is 472 g/mol. The van der Waals surface area contributed by atoms with Gasteiger partial charge in [-0.2, -0.15) is 0 Å². The molecule has 3 aromatic carbocycles. The monoisotopic (exact) mass is 501 g/mol. The van der Waals surface area contributed by atoms with Crippen LogP contribution in [-0.4, -0.2) is 40.4 Å². The van der Waals surface area contributed by atoms with Crippen LogP contribution < -0.4 is 10.6 Å². The number of rotatable bonds is 8. The molecule has 1 aliphatic heterocycles. The number of para-hydroxylation sites is 1. The third kappa shape index (κ3) is 6.09. The quantitative estimate of drug-likeness (QED) is 0.301. The van der Waals surface area contributed by atoms with E-state index in [4.69, 9.17) is 0 Å². The number of halogens is 2. The summed E-state index contributed by atoms with van der Waals surface area (Å²) in [7, 11) is 0. The number of carbonyl (C=O) groups excluding carboxylic acids is 1. The van der Waals surface area contributed by atoms with E-state index in [0.717, 1.165) is 60.5 Å². The Morgan fingerprint density at radius 2 is 1.78 bits per heavy atom. The van der Waals surface area contributed by atoms with Gasteiger partial charge in [-0.3, -0.25) is 4.79 Å². The number of likely N-dealkylation sites (tertiary alicyclic amines) is 1. The van der Waals surface area contributed by atoms with Gasteiger partial charge in [-0.15, -0.1) is 0 Å². The number of hydrogen-bond donors (Lipinski definition) is 2. The first-order chi connectivity index (χ1) is 18.1. The average Bonchev–Trinajstić information content (AvgIpc) is 2.92. The number of benzene rings is 3.